The van der Waals surface area contributed by atoms with E-state index in [2.05, 4.69) is 15.5 Å². The molecule has 1 heterocycles. The fourth-order valence-corrected chi connectivity index (χ4v) is 3.46. The molecule has 0 saturated heterocycles. The number of rotatable bonds is 5. The zero-order valence-electron chi connectivity index (χ0n) is 13.4. The molecule has 3 aromatic rings. The highest BCUT2D eigenvalue weighted by atomic mass is 35.5. The van der Waals surface area contributed by atoms with Gasteiger partial charge in [0, 0.05) is 16.3 Å². The number of aromatic nitrogens is 3. The Morgan fingerprint density at radius 1 is 1.15 bits per heavy atom. The van der Waals surface area contributed by atoms with Crippen LogP contribution in [0.3, 0.4) is 0 Å². The third-order valence-corrected chi connectivity index (χ3v) is 5.15. The van der Waals surface area contributed by atoms with Crippen molar-refractivity contribution in [2.75, 3.05) is 16.9 Å². The molecule has 0 aliphatic rings. The van der Waals surface area contributed by atoms with Crippen LogP contribution in [-0.2, 0) is 4.79 Å². The van der Waals surface area contributed by atoms with Gasteiger partial charge < -0.3 is 11.2 Å². The lowest BCUT2D eigenvalue weighted by Gasteiger charge is -2.07. The largest absolute Gasteiger partial charge is 0.335 e. The highest BCUT2D eigenvalue weighted by Crippen LogP contribution is 2.30. The van der Waals surface area contributed by atoms with Gasteiger partial charge in [-0.2, -0.15) is 0 Å². The van der Waals surface area contributed by atoms with Crippen molar-refractivity contribution >= 4 is 58.2 Å². The molecule has 0 fully saturated rings. The van der Waals surface area contributed by atoms with Crippen LogP contribution in [0.25, 0.3) is 11.4 Å². The number of hydrogen-bond donors (Lipinski definition) is 2. The number of benzene rings is 2. The number of carbonyl (C=O) groups excluding carboxylic acids is 1. The SMILES string of the molecule is Nn1c(SCC(=O)Nc2ccc(F)c(Cl)c2)nnc1-c1ccc(Cl)cc1Cl. The van der Waals surface area contributed by atoms with Gasteiger partial charge in [-0.1, -0.05) is 46.6 Å². The minimum atomic E-state index is -0.561. The second-order valence-corrected chi connectivity index (χ2v) is 7.46. The van der Waals surface area contributed by atoms with Crippen molar-refractivity contribution in [1.29, 1.82) is 0 Å². The number of halogens is 4. The van der Waals surface area contributed by atoms with Gasteiger partial charge in [0.25, 0.3) is 0 Å². The van der Waals surface area contributed by atoms with Crippen molar-refractivity contribution in [3.63, 3.8) is 0 Å². The molecule has 0 radical (unpaired) electrons. The van der Waals surface area contributed by atoms with Crippen LogP contribution < -0.4 is 11.2 Å². The summed E-state index contributed by atoms with van der Waals surface area (Å²) in [5, 5.41) is 11.7. The molecule has 27 heavy (non-hydrogen) atoms. The number of anilines is 1. The number of nitrogens with zero attached hydrogens (tertiary/aromatic N) is 3. The molecule has 1 aromatic heterocycles. The summed E-state index contributed by atoms with van der Waals surface area (Å²) in [5.41, 5.74) is 0.947. The molecule has 0 bridgehead atoms. The third kappa shape index (κ3) is 4.65. The number of amides is 1. The number of nitrogens with two attached hydrogens (primary N) is 1. The summed E-state index contributed by atoms with van der Waals surface area (Å²) >= 11 is 18.8. The van der Waals surface area contributed by atoms with Crippen molar-refractivity contribution in [1.82, 2.24) is 14.9 Å². The van der Waals surface area contributed by atoms with Gasteiger partial charge in [-0.3, -0.25) is 4.79 Å². The van der Waals surface area contributed by atoms with Crippen LogP contribution in [0.5, 0.6) is 0 Å². The molecule has 140 valence electrons. The van der Waals surface area contributed by atoms with Gasteiger partial charge in [-0.15, -0.1) is 10.2 Å². The Morgan fingerprint density at radius 3 is 2.63 bits per heavy atom. The standard InChI is InChI=1S/C16H11Cl3FN5OS/c17-8-1-3-10(11(18)5-8)15-23-24-16(25(15)21)27-7-14(26)22-9-2-4-13(20)12(19)6-9/h1-6H,7,21H2,(H,22,26). The van der Waals surface area contributed by atoms with Crippen molar-refractivity contribution in [2.24, 2.45) is 0 Å². The Kier molecular flexibility index (Phi) is 6.11. The lowest BCUT2D eigenvalue weighted by atomic mass is 10.2. The summed E-state index contributed by atoms with van der Waals surface area (Å²) in [7, 11) is 0. The van der Waals surface area contributed by atoms with Gasteiger partial charge in [-0.25, -0.2) is 9.07 Å². The minimum Gasteiger partial charge on any atom is -0.335 e. The predicted octanol–water partition coefficient (Wildman–Crippen LogP) is 4.49. The maximum Gasteiger partial charge on any atom is 0.234 e. The monoisotopic (exact) mass is 445 g/mol. The van der Waals surface area contributed by atoms with E-state index in [-0.39, 0.29) is 16.7 Å². The van der Waals surface area contributed by atoms with Crippen molar-refractivity contribution < 1.29 is 9.18 Å². The van der Waals surface area contributed by atoms with E-state index in [1.165, 1.54) is 22.9 Å². The van der Waals surface area contributed by atoms with Crippen LogP contribution in [0.1, 0.15) is 0 Å². The second kappa shape index (κ2) is 8.35. The van der Waals surface area contributed by atoms with E-state index in [0.29, 0.717) is 32.3 Å². The van der Waals surface area contributed by atoms with E-state index >= 15 is 0 Å². The zero-order chi connectivity index (χ0) is 19.6. The van der Waals surface area contributed by atoms with Crippen molar-refractivity contribution in [3.8, 4) is 11.4 Å². The van der Waals surface area contributed by atoms with Crippen LogP contribution in [0.4, 0.5) is 10.1 Å². The van der Waals surface area contributed by atoms with E-state index in [9.17, 15) is 9.18 Å². The molecular formula is C16H11Cl3FN5OS. The van der Waals surface area contributed by atoms with Crippen LogP contribution in [0, 0.1) is 5.82 Å². The lowest BCUT2D eigenvalue weighted by Crippen LogP contribution is -2.16. The maximum atomic E-state index is 13.1. The summed E-state index contributed by atoms with van der Waals surface area (Å²) in [5.74, 6) is 5.46. The van der Waals surface area contributed by atoms with E-state index in [0.717, 1.165) is 11.8 Å². The van der Waals surface area contributed by atoms with Gasteiger partial charge in [0.1, 0.15) is 5.82 Å². The first-order valence-corrected chi connectivity index (χ1v) is 9.50. The molecule has 0 aliphatic heterocycles. The molecule has 11 heteroatoms. The number of hydrogen-bond acceptors (Lipinski definition) is 5. The molecule has 0 atom stereocenters. The Balaban J connectivity index is 1.67. The number of nitrogen functional groups attached to an aromatic ring is 1. The molecule has 6 nitrogen and oxygen atoms in total. The number of nitrogens with one attached hydrogen (secondary N) is 1. The van der Waals surface area contributed by atoms with E-state index < -0.39 is 5.82 Å². The van der Waals surface area contributed by atoms with E-state index in [4.69, 9.17) is 40.6 Å². The molecule has 0 aliphatic carbocycles. The quantitative estimate of drug-likeness (QED) is 0.445. The van der Waals surface area contributed by atoms with Crippen LogP contribution in [0.15, 0.2) is 41.6 Å². The fourth-order valence-electron chi connectivity index (χ4n) is 2.13. The van der Waals surface area contributed by atoms with Gasteiger partial charge in [0.15, 0.2) is 5.82 Å². The molecule has 0 spiro atoms. The third-order valence-electron chi connectivity index (χ3n) is 3.37. The first kappa shape index (κ1) is 19.8. The van der Waals surface area contributed by atoms with Gasteiger partial charge in [-0.05, 0) is 36.4 Å². The molecule has 1 amide bonds. The normalized spacial score (nSPS) is 10.8. The molecular weight excluding hydrogens is 436 g/mol. The summed E-state index contributed by atoms with van der Waals surface area (Å²) in [6.07, 6.45) is 0. The topological polar surface area (TPSA) is 85.8 Å². The highest BCUT2D eigenvalue weighted by Gasteiger charge is 2.16. The summed E-state index contributed by atoms with van der Waals surface area (Å²) in [4.78, 5) is 12.1. The predicted molar refractivity (Wildman–Crippen MR) is 106 cm³/mol. The number of carbonyl (C=O) groups is 1. The van der Waals surface area contributed by atoms with Crippen LogP contribution in [-0.4, -0.2) is 26.5 Å². The minimum absolute atomic E-state index is 0.0126. The van der Waals surface area contributed by atoms with Gasteiger partial charge >= 0.3 is 0 Å². The average Bonchev–Trinajstić information content (AvgIpc) is 2.97. The average molecular weight is 447 g/mol. The molecule has 0 unspecified atom stereocenters. The Morgan fingerprint density at radius 2 is 1.93 bits per heavy atom. The molecule has 0 saturated carbocycles. The lowest BCUT2D eigenvalue weighted by molar-refractivity contribution is -0.113. The molecule has 2 aromatic carbocycles. The van der Waals surface area contributed by atoms with E-state index in [1.54, 1.807) is 18.2 Å². The van der Waals surface area contributed by atoms with Crippen LogP contribution in [0.2, 0.25) is 15.1 Å². The van der Waals surface area contributed by atoms with Crippen molar-refractivity contribution in [3.05, 3.63) is 57.3 Å². The smallest absolute Gasteiger partial charge is 0.234 e. The summed E-state index contributed by atoms with van der Waals surface area (Å²) < 4.78 is 14.4. The summed E-state index contributed by atoms with van der Waals surface area (Å²) in [6.45, 7) is 0. The van der Waals surface area contributed by atoms with E-state index in [1.807, 2.05) is 0 Å². The molecule has 3 N–H and O–H groups in total. The van der Waals surface area contributed by atoms with Crippen LogP contribution >= 0.6 is 46.6 Å². The summed E-state index contributed by atoms with van der Waals surface area (Å²) in [6, 6.07) is 8.81. The Bertz CT molecular complexity index is 1010. The Hall–Kier alpha value is -2.00. The van der Waals surface area contributed by atoms with Gasteiger partial charge in [0.2, 0.25) is 11.1 Å². The first-order chi connectivity index (χ1) is 12.8. The number of thioether (sulfide) groups is 1. The second-order valence-electron chi connectivity index (χ2n) is 5.27. The molecule has 3 rings (SSSR count). The highest BCUT2D eigenvalue weighted by molar-refractivity contribution is 7.99. The zero-order valence-corrected chi connectivity index (χ0v) is 16.5. The fraction of sp³-hybridized carbons (Fsp3) is 0.0625. The van der Waals surface area contributed by atoms with Gasteiger partial charge in [0.05, 0.1) is 15.8 Å². The van der Waals surface area contributed by atoms with Crippen molar-refractivity contribution in [2.45, 2.75) is 5.16 Å². The Labute approximate surface area is 172 Å². The first-order valence-electron chi connectivity index (χ1n) is 7.39. The maximum absolute atomic E-state index is 13.1.